The van der Waals surface area contributed by atoms with Gasteiger partial charge in [0.1, 0.15) is 0 Å². The average Bonchev–Trinajstić information content (AvgIpc) is 2.35. The molecule has 0 saturated heterocycles. The standard InChI is InChI=1S/C13H18BrNO3/c14-12-8-10(13(17)18)4-5-11(12)9-15-6-2-1-3-7-16/h4-5,8,15-16H,1-3,6-7,9H2,(H,17,18). The highest BCUT2D eigenvalue weighted by molar-refractivity contribution is 9.10. The summed E-state index contributed by atoms with van der Waals surface area (Å²) in [5.74, 6) is -0.917. The second-order valence-corrected chi connectivity index (χ2v) is 4.93. The van der Waals surface area contributed by atoms with Crippen LogP contribution in [-0.4, -0.2) is 29.3 Å². The van der Waals surface area contributed by atoms with E-state index in [0.717, 1.165) is 35.8 Å². The van der Waals surface area contributed by atoms with Crippen molar-refractivity contribution >= 4 is 21.9 Å². The summed E-state index contributed by atoms with van der Waals surface area (Å²) in [7, 11) is 0. The molecule has 1 aromatic carbocycles. The van der Waals surface area contributed by atoms with Gasteiger partial charge in [0.05, 0.1) is 5.56 Å². The second kappa shape index (κ2) is 8.24. The van der Waals surface area contributed by atoms with E-state index in [1.165, 1.54) is 0 Å². The maximum absolute atomic E-state index is 10.8. The van der Waals surface area contributed by atoms with E-state index in [0.29, 0.717) is 6.54 Å². The van der Waals surface area contributed by atoms with Crippen LogP contribution < -0.4 is 5.32 Å². The van der Waals surface area contributed by atoms with Crippen LogP contribution in [0.3, 0.4) is 0 Å². The van der Waals surface area contributed by atoms with Crippen LogP contribution in [0, 0.1) is 0 Å². The zero-order valence-corrected chi connectivity index (χ0v) is 11.7. The molecule has 0 bridgehead atoms. The van der Waals surface area contributed by atoms with Gasteiger partial charge >= 0.3 is 5.97 Å². The van der Waals surface area contributed by atoms with Gasteiger partial charge in [-0.15, -0.1) is 0 Å². The number of hydrogen-bond donors (Lipinski definition) is 3. The summed E-state index contributed by atoms with van der Waals surface area (Å²) in [6, 6.07) is 5.04. The van der Waals surface area contributed by atoms with Gasteiger partial charge in [-0.3, -0.25) is 0 Å². The Kier molecular flexibility index (Phi) is 6.93. The highest BCUT2D eigenvalue weighted by Gasteiger charge is 2.06. The average molecular weight is 316 g/mol. The van der Waals surface area contributed by atoms with E-state index in [2.05, 4.69) is 21.2 Å². The molecule has 0 radical (unpaired) electrons. The van der Waals surface area contributed by atoms with E-state index in [-0.39, 0.29) is 12.2 Å². The van der Waals surface area contributed by atoms with Gasteiger partial charge in [-0.25, -0.2) is 4.79 Å². The number of nitrogens with one attached hydrogen (secondary N) is 1. The molecule has 0 aliphatic carbocycles. The van der Waals surface area contributed by atoms with Gasteiger partial charge in [0.2, 0.25) is 0 Å². The van der Waals surface area contributed by atoms with Crippen LogP contribution in [0.2, 0.25) is 0 Å². The fourth-order valence-corrected chi connectivity index (χ4v) is 2.10. The fraction of sp³-hybridized carbons (Fsp3) is 0.462. The number of hydrogen-bond acceptors (Lipinski definition) is 3. The lowest BCUT2D eigenvalue weighted by molar-refractivity contribution is 0.0697. The van der Waals surface area contributed by atoms with Gasteiger partial charge in [0.15, 0.2) is 0 Å². The number of rotatable bonds is 8. The summed E-state index contributed by atoms with van der Waals surface area (Å²) >= 11 is 3.37. The van der Waals surface area contributed by atoms with Crippen LogP contribution in [0.4, 0.5) is 0 Å². The van der Waals surface area contributed by atoms with Crippen molar-refractivity contribution in [3.05, 3.63) is 33.8 Å². The summed E-state index contributed by atoms with van der Waals surface area (Å²) in [6.45, 7) is 1.86. The third-order valence-electron chi connectivity index (χ3n) is 2.63. The van der Waals surface area contributed by atoms with Gasteiger partial charge in [-0.05, 0) is 43.5 Å². The van der Waals surface area contributed by atoms with Gasteiger partial charge in [-0.2, -0.15) is 0 Å². The Balaban J connectivity index is 2.36. The second-order valence-electron chi connectivity index (χ2n) is 4.07. The minimum atomic E-state index is -0.917. The van der Waals surface area contributed by atoms with Crippen molar-refractivity contribution in [3.63, 3.8) is 0 Å². The molecule has 0 unspecified atom stereocenters. The molecular weight excluding hydrogens is 298 g/mol. The zero-order chi connectivity index (χ0) is 13.4. The van der Waals surface area contributed by atoms with E-state index < -0.39 is 5.97 Å². The third-order valence-corrected chi connectivity index (χ3v) is 3.37. The van der Waals surface area contributed by atoms with Crippen molar-refractivity contribution < 1.29 is 15.0 Å². The molecule has 0 atom stereocenters. The van der Waals surface area contributed by atoms with E-state index in [4.69, 9.17) is 10.2 Å². The van der Waals surface area contributed by atoms with Crippen molar-refractivity contribution in [2.45, 2.75) is 25.8 Å². The minimum absolute atomic E-state index is 0.252. The Morgan fingerprint density at radius 3 is 2.67 bits per heavy atom. The topological polar surface area (TPSA) is 69.6 Å². The van der Waals surface area contributed by atoms with Gasteiger partial charge in [0.25, 0.3) is 0 Å². The summed E-state index contributed by atoms with van der Waals surface area (Å²) in [6.07, 6.45) is 2.90. The molecule has 100 valence electrons. The number of carboxylic acid groups (broad SMARTS) is 1. The van der Waals surface area contributed by atoms with Crippen molar-refractivity contribution in [1.82, 2.24) is 5.32 Å². The summed E-state index contributed by atoms with van der Waals surface area (Å²) in [5.41, 5.74) is 1.33. The maximum Gasteiger partial charge on any atom is 0.335 e. The molecule has 0 spiro atoms. The number of aliphatic hydroxyl groups is 1. The first kappa shape index (κ1) is 15.1. The summed E-state index contributed by atoms with van der Waals surface area (Å²) in [4.78, 5) is 10.8. The van der Waals surface area contributed by atoms with E-state index in [1.807, 2.05) is 6.07 Å². The van der Waals surface area contributed by atoms with E-state index in [1.54, 1.807) is 12.1 Å². The molecule has 1 aromatic rings. The lowest BCUT2D eigenvalue weighted by atomic mass is 10.1. The summed E-state index contributed by atoms with van der Waals surface area (Å²) in [5, 5.41) is 20.8. The van der Waals surface area contributed by atoms with Gasteiger partial charge in [-0.1, -0.05) is 22.0 Å². The Labute approximate surface area is 115 Å². The predicted octanol–water partition coefficient (Wildman–Crippen LogP) is 2.40. The van der Waals surface area contributed by atoms with E-state index in [9.17, 15) is 4.79 Å². The van der Waals surface area contributed by atoms with Crippen LogP contribution in [0.5, 0.6) is 0 Å². The Morgan fingerprint density at radius 2 is 2.06 bits per heavy atom. The molecule has 1 rings (SSSR count). The molecule has 0 saturated carbocycles. The quantitative estimate of drug-likeness (QED) is 0.644. The van der Waals surface area contributed by atoms with Crippen molar-refractivity contribution in [3.8, 4) is 0 Å². The fourth-order valence-electron chi connectivity index (χ4n) is 1.59. The molecule has 5 heteroatoms. The molecule has 0 aliphatic heterocycles. The maximum atomic E-state index is 10.8. The molecule has 3 N–H and O–H groups in total. The van der Waals surface area contributed by atoms with Crippen molar-refractivity contribution in [2.24, 2.45) is 0 Å². The number of carboxylic acids is 1. The lowest BCUT2D eigenvalue weighted by Crippen LogP contribution is -2.15. The first-order valence-corrected chi connectivity index (χ1v) is 6.77. The first-order chi connectivity index (χ1) is 8.65. The highest BCUT2D eigenvalue weighted by atomic mass is 79.9. The molecule has 0 heterocycles. The molecule has 4 nitrogen and oxygen atoms in total. The smallest absolute Gasteiger partial charge is 0.335 e. The van der Waals surface area contributed by atoms with Crippen molar-refractivity contribution in [2.75, 3.05) is 13.2 Å². The number of aromatic carboxylic acids is 1. The van der Waals surface area contributed by atoms with Crippen molar-refractivity contribution in [1.29, 1.82) is 0 Å². The number of carbonyl (C=O) groups is 1. The molecule has 0 fully saturated rings. The largest absolute Gasteiger partial charge is 0.478 e. The van der Waals surface area contributed by atoms with Crippen LogP contribution in [-0.2, 0) is 6.54 Å². The predicted molar refractivity (Wildman–Crippen MR) is 73.7 cm³/mol. The number of halogens is 1. The zero-order valence-electron chi connectivity index (χ0n) is 10.2. The molecular formula is C13H18BrNO3. The molecule has 0 aliphatic rings. The number of benzene rings is 1. The molecule has 0 aromatic heterocycles. The Bertz CT molecular complexity index is 396. The van der Waals surface area contributed by atoms with Crippen LogP contribution in [0.15, 0.2) is 22.7 Å². The molecule has 18 heavy (non-hydrogen) atoms. The Hall–Kier alpha value is -0.910. The number of unbranched alkanes of at least 4 members (excludes halogenated alkanes) is 2. The van der Waals surface area contributed by atoms with Gasteiger partial charge < -0.3 is 15.5 Å². The normalized spacial score (nSPS) is 10.6. The van der Waals surface area contributed by atoms with E-state index >= 15 is 0 Å². The lowest BCUT2D eigenvalue weighted by Gasteiger charge is -2.07. The monoisotopic (exact) mass is 315 g/mol. The third kappa shape index (κ3) is 5.16. The minimum Gasteiger partial charge on any atom is -0.478 e. The highest BCUT2D eigenvalue weighted by Crippen LogP contribution is 2.18. The van der Waals surface area contributed by atoms with Crippen LogP contribution >= 0.6 is 15.9 Å². The van der Waals surface area contributed by atoms with Gasteiger partial charge in [0, 0.05) is 17.6 Å². The van der Waals surface area contributed by atoms with Crippen LogP contribution in [0.25, 0.3) is 0 Å². The number of aliphatic hydroxyl groups excluding tert-OH is 1. The summed E-state index contributed by atoms with van der Waals surface area (Å²) < 4.78 is 0.810. The SMILES string of the molecule is O=C(O)c1ccc(CNCCCCCO)c(Br)c1. The molecule has 0 amide bonds. The Morgan fingerprint density at radius 1 is 1.28 bits per heavy atom. The first-order valence-electron chi connectivity index (χ1n) is 5.98. The van der Waals surface area contributed by atoms with Crippen LogP contribution in [0.1, 0.15) is 35.2 Å².